The number of hydrogen-bond acceptors (Lipinski definition) is 6. The second-order valence-corrected chi connectivity index (χ2v) is 12.8. The number of carbonyl (C=O) groups excluding carboxylic acids is 1. The first-order valence-electron chi connectivity index (χ1n) is 11.9. The maximum absolute atomic E-state index is 13.2. The van der Waals surface area contributed by atoms with Crippen molar-refractivity contribution in [3.8, 4) is 5.75 Å². The van der Waals surface area contributed by atoms with Crippen LogP contribution in [0.2, 0.25) is 5.02 Å². The Morgan fingerprint density at radius 1 is 0.947 bits per heavy atom. The van der Waals surface area contributed by atoms with Crippen molar-refractivity contribution in [3.63, 3.8) is 0 Å². The standard InChI is InChI=1S/C26H28ClN3O6S2/c1-18-10-11-19(16-25(18)37(32,33)29-23-8-4-5-9-24(23)36-2)28-26(31)21-17-20(12-13-22(21)27)38(34,35)30-14-6-3-7-15-30/h4-5,8-13,16-17,29H,3,6-7,14-15H2,1-2H3,(H,28,31). The molecule has 0 bridgehead atoms. The normalized spacial score (nSPS) is 14.6. The smallest absolute Gasteiger partial charge is 0.262 e. The zero-order valence-corrected chi connectivity index (χ0v) is 23.3. The first-order valence-corrected chi connectivity index (χ1v) is 15.2. The van der Waals surface area contributed by atoms with Crippen LogP contribution in [0.4, 0.5) is 11.4 Å². The number of benzene rings is 3. The van der Waals surface area contributed by atoms with E-state index in [0.29, 0.717) is 24.4 Å². The van der Waals surface area contributed by atoms with Crippen LogP contribution in [0.3, 0.4) is 0 Å². The minimum Gasteiger partial charge on any atom is -0.495 e. The van der Waals surface area contributed by atoms with Crippen molar-refractivity contribution in [2.24, 2.45) is 0 Å². The molecular weight excluding hydrogens is 550 g/mol. The van der Waals surface area contributed by atoms with Gasteiger partial charge in [-0.15, -0.1) is 0 Å². The molecule has 1 aliphatic rings. The minimum atomic E-state index is -4.04. The predicted molar refractivity (Wildman–Crippen MR) is 147 cm³/mol. The number of nitrogens with one attached hydrogen (secondary N) is 2. The summed E-state index contributed by atoms with van der Waals surface area (Å²) in [7, 11) is -6.38. The third kappa shape index (κ3) is 5.96. The Kier molecular flexibility index (Phi) is 8.31. The molecule has 2 N–H and O–H groups in total. The molecule has 1 saturated heterocycles. The summed E-state index contributed by atoms with van der Waals surface area (Å²) in [6.07, 6.45) is 2.54. The number of amides is 1. The van der Waals surface area contributed by atoms with Crippen molar-refractivity contribution >= 4 is 48.9 Å². The summed E-state index contributed by atoms with van der Waals surface area (Å²) in [4.78, 5) is 13.1. The van der Waals surface area contributed by atoms with E-state index in [-0.39, 0.29) is 31.8 Å². The van der Waals surface area contributed by atoms with Crippen LogP contribution in [-0.2, 0) is 20.0 Å². The quantitative estimate of drug-likeness (QED) is 0.393. The Bertz CT molecular complexity index is 1570. The Balaban J connectivity index is 1.60. The maximum atomic E-state index is 13.2. The fraction of sp³-hybridized carbons (Fsp3) is 0.269. The molecule has 12 heteroatoms. The Morgan fingerprint density at radius 2 is 1.66 bits per heavy atom. The first-order chi connectivity index (χ1) is 18.0. The van der Waals surface area contributed by atoms with Crippen LogP contribution >= 0.6 is 11.6 Å². The number of nitrogens with zero attached hydrogens (tertiary/aromatic N) is 1. The number of aryl methyl sites for hydroxylation is 1. The molecule has 0 atom stereocenters. The van der Waals surface area contributed by atoms with E-state index in [9.17, 15) is 21.6 Å². The van der Waals surface area contributed by atoms with Gasteiger partial charge in [0.2, 0.25) is 10.0 Å². The van der Waals surface area contributed by atoms with Crippen LogP contribution in [0, 0.1) is 6.92 Å². The zero-order valence-electron chi connectivity index (χ0n) is 20.9. The lowest BCUT2D eigenvalue weighted by Gasteiger charge is -2.26. The van der Waals surface area contributed by atoms with Gasteiger partial charge in [0, 0.05) is 18.8 Å². The van der Waals surface area contributed by atoms with Crippen LogP contribution in [0.15, 0.2) is 70.5 Å². The lowest BCUT2D eigenvalue weighted by atomic mass is 10.2. The molecule has 0 radical (unpaired) electrons. The average molecular weight is 578 g/mol. The van der Waals surface area contributed by atoms with E-state index in [0.717, 1.165) is 19.3 Å². The molecule has 0 saturated carbocycles. The second-order valence-electron chi connectivity index (χ2n) is 8.85. The van der Waals surface area contributed by atoms with E-state index in [1.54, 1.807) is 43.3 Å². The molecular formula is C26H28ClN3O6S2. The first kappa shape index (κ1) is 27.9. The molecule has 0 unspecified atom stereocenters. The highest BCUT2D eigenvalue weighted by molar-refractivity contribution is 7.92. The summed E-state index contributed by atoms with van der Waals surface area (Å²) >= 11 is 6.25. The molecule has 0 spiro atoms. The third-order valence-electron chi connectivity index (χ3n) is 6.22. The zero-order chi connectivity index (χ0) is 27.5. The second kappa shape index (κ2) is 11.3. The number of ether oxygens (including phenoxy) is 1. The van der Waals surface area contributed by atoms with E-state index in [4.69, 9.17) is 16.3 Å². The molecule has 3 aromatic rings. The molecule has 0 aliphatic carbocycles. The summed E-state index contributed by atoms with van der Waals surface area (Å²) in [6, 6.07) is 15.0. The molecule has 9 nitrogen and oxygen atoms in total. The number of para-hydroxylation sites is 2. The Hall–Kier alpha value is -3.12. The number of rotatable bonds is 8. The van der Waals surface area contributed by atoms with Gasteiger partial charge in [0.25, 0.3) is 15.9 Å². The Labute approximate surface area is 227 Å². The van der Waals surface area contributed by atoms with Gasteiger partial charge >= 0.3 is 0 Å². The van der Waals surface area contributed by atoms with Crippen LogP contribution in [0.1, 0.15) is 35.2 Å². The molecule has 1 heterocycles. The molecule has 1 amide bonds. The SMILES string of the molecule is COc1ccccc1NS(=O)(=O)c1cc(NC(=O)c2cc(S(=O)(=O)N3CCCCC3)ccc2Cl)ccc1C. The van der Waals surface area contributed by atoms with Gasteiger partial charge in [0.05, 0.1) is 33.2 Å². The summed E-state index contributed by atoms with van der Waals surface area (Å²) in [5.41, 5.74) is 0.878. The highest BCUT2D eigenvalue weighted by Crippen LogP contribution is 2.29. The largest absolute Gasteiger partial charge is 0.495 e. The summed E-state index contributed by atoms with van der Waals surface area (Å²) in [5, 5.41) is 2.70. The van der Waals surface area contributed by atoms with E-state index in [1.165, 1.54) is 35.7 Å². The van der Waals surface area contributed by atoms with Gasteiger partial charge in [0.15, 0.2) is 0 Å². The highest BCUT2D eigenvalue weighted by Gasteiger charge is 2.27. The summed E-state index contributed by atoms with van der Waals surface area (Å²) < 4.78 is 61.7. The number of halogens is 1. The molecule has 202 valence electrons. The topological polar surface area (TPSA) is 122 Å². The van der Waals surface area contributed by atoms with Gasteiger partial charge in [-0.2, -0.15) is 4.31 Å². The average Bonchev–Trinajstić information content (AvgIpc) is 2.90. The van der Waals surface area contributed by atoms with Crippen LogP contribution in [-0.4, -0.2) is 47.2 Å². The molecule has 1 aliphatic heterocycles. The lowest BCUT2D eigenvalue weighted by molar-refractivity contribution is 0.102. The number of carbonyl (C=O) groups is 1. The molecule has 0 aromatic heterocycles. The van der Waals surface area contributed by atoms with E-state index >= 15 is 0 Å². The number of methoxy groups -OCH3 is 1. The fourth-order valence-electron chi connectivity index (χ4n) is 4.19. The highest BCUT2D eigenvalue weighted by atomic mass is 35.5. The van der Waals surface area contributed by atoms with E-state index < -0.39 is 26.0 Å². The molecule has 38 heavy (non-hydrogen) atoms. The summed E-state index contributed by atoms with van der Waals surface area (Å²) in [6.45, 7) is 2.49. The predicted octanol–water partition coefficient (Wildman–Crippen LogP) is 4.88. The van der Waals surface area contributed by atoms with Gasteiger partial charge in [-0.3, -0.25) is 9.52 Å². The number of piperidine rings is 1. The van der Waals surface area contributed by atoms with Crippen molar-refractivity contribution in [2.75, 3.05) is 30.2 Å². The number of hydrogen-bond donors (Lipinski definition) is 2. The van der Waals surface area contributed by atoms with E-state index in [2.05, 4.69) is 10.0 Å². The van der Waals surface area contributed by atoms with E-state index in [1.807, 2.05) is 0 Å². The van der Waals surface area contributed by atoms with Gasteiger partial charge in [-0.25, -0.2) is 16.8 Å². The number of sulfonamides is 2. The monoisotopic (exact) mass is 577 g/mol. The van der Waals surface area contributed by atoms with Crippen LogP contribution in [0.5, 0.6) is 5.75 Å². The number of anilines is 2. The minimum absolute atomic E-state index is 0.0258. The van der Waals surface area contributed by atoms with Crippen molar-refractivity contribution in [3.05, 3.63) is 76.8 Å². The summed E-state index contributed by atoms with van der Waals surface area (Å²) in [5.74, 6) is -0.317. The maximum Gasteiger partial charge on any atom is 0.262 e. The van der Waals surface area contributed by atoms with Gasteiger partial charge in [-0.05, 0) is 67.8 Å². The van der Waals surface area contributed by atoms with Crippen molar-refractivity contribution in [1.82, 2.24) is 4.31 Å². The Morgan fingerprint density at radius 3 is 2.37 bits per heavy atom. The van der Waals surface area contributed by atoms with Crippen molar-refractivity contribution in [2.45, 2.75) is 36.0 Å². The van der Waals surface area contributed by atoms with Crippen molar-refractivity contribution in [1.29, 1.82) is 0 Å². The fourth-order valence-corrected chi connectivity index (χ4v) is 7.28. The molecule has 3 aromatic carbocycles. The van der Waals surface area contributed by atoms with Gasteiger partial charge in [-0.1, -0.05) is 36.2 Å². The van der Waals surface area contributed by atoms with Crippen molar-refractivity contribution < 1.29 is 26.4 Å². The third-order valence-corrected chi connectivity index (χ3v) is 9.95. The van der Waals surface area contributed by atoms with Crippen LogP contribution < -0.4 is 14.8 Å². The van der Waals surface area contributed by atoms with Crippen LogP contribution in [0.25, 0.3) is 0 Å². The lowest BCUT2D eigenvalue weighted by Crippen LogP contribution is -2.35. The van der Waals surface area contributed by atoms with Gasteiger partial charge < -0.3 is 10.1 Å². The molecule has 1 fully saturated rings. The van der Waals surface area contributed by atoms with Gasteiger partial charge in [0.1, 0.15) is 5.75 Å². The molecule has 4 rings (SSSR count).